The number of hydrogen-bond donors (Lipinski definition) is 0. The van der Waals surface area contributed by atoms with Crippen molar-refractivity contribution in [3.05, 3.63) is 76.4 Å². The van der Waals surface area contributed by atoms with E-state index < -0.39 is 4.92 Å². The molecule has 0 unspecified atom stereocenters. The SMILES string of the molecule is COc1ccc(CN2CCCN(C(=O)c3ccc(-n4cncn4)c([N+](=O)[O-])c3)CC2)cc1. The molecule has 1 fully saturated rings. The second-order valence-corrected chi connectivity index (χ2v) is 7.57. The smallest absolute Gasteiger partial charge is 0.295 e. The highest BCUT2D eigenvalue weighted by molar-refractivity contribution is 5.95. The van der Waals surface area contributed by atoms with E-state index in [1.165, 1.54) is 35.0 Å². The summed E-state index contributed by atoms with van der Waals surface area (Å²) in [5, 5.41) is 15.5. The molecule has 4 rings (SSSR count). The van der Waals surface area contributed by atoms with Crippen LogP contribution in [0.25, 0.3) is 5.69 Å². The van der Waals surface area contributed by atoms with Crippen LogP contribution in [-0.2, 0) is 6.54 Å². The third-order valence-electron chi connectivity index (χ3n) is 5.53. The van der Waals surface area contributed by atoms with Crippen molar-refractivity contribution in [2.75, 3.05) is 33.3 Å². The molecule has 0 spiro atoms. The maximum absolute atomic E-state index is 13.1. The Morgan fingerprint density at radius 3 is 2.62 bits per heavy atom. The zero-order chi connectivity index (χ0) is 22.5. The first-order valence-electron chi connectivity index (χ1n) is 10.3. The standard InChI is InChI=1S/C22H24N6O4/c1-32-19-6-3-17(4-7-19)14-25-9-2-10-26(12-11-25)22(29)18-5-8-20(21(13-18)28(30)31)27-16-23-15-24-27/h3-8,13,15-16H,2,9-12,14H2,1H3. The Balaban J connectivity index is 1.44. The highest BCUT2D eigenvalue weighted by Crippen LogP contribution is 2.24. The van der Waals surface area contributed by atoms with Gasteiger partial charge in [0.25, 0.3) is 11.6 Å². The Kier molecular flexibility index (Phi) is 6.41. The Hall–Kier alpha value is -3.79. The number of carbonyl (C=O) groups excluding carboxylic acids is 1. The highest BCUT2D eigenvalue weighted by atomic mass is 16.6. The third kappa shape index (κ3) is 4.75. The second kappa shape index (κ2) is 9.56. The molecule has 0 radical (unpaired) electrons. The molecule has 2 aromatic carbocycles. The van der Waals surface area contributed by atoms with Gasteiger partial charge in [-0.1, -0.05) is 12.1 Å². The average molecular weight is 436 g/mol. The van der Waals surface area contributed by atoms with Crippen LogP contribution in [0.15, 0.2) is 55.1 Å². The van der Waals surface area contributed by atoms with E-state index in [-0.39, 0.29) is 17.3 Å². The fourth-order valence-electron chi connectivity index (χ4n) is 3.83. The fourth-order valence-corrected chi connectivity index (χ4v) is 3.83. The molecule has 1 aliphatic heterocycles. The first-order valence-corrected chi connectivity index (χ1v) is 10.3. The van der Waals surface area contributed by atoms with Gasteiger partial charge in [0.05, 0.1) is 12.0 Å². The predicted molar refractivity (Wildman–Crippen MR) is 117 cm³/mol. The Morgan fingerprint density at radius 2 is 1.94 bits per heavy atom. The van der Waals surface area contributed by atoms with E-state index in [4.69, 9.17) is 4.74 Å². The average Bonchev–Trinajstić information content (AvgIpc) is 3.25. The van der Waals surface area contributed by atoms with Crippen LogP contribution >= 0.6 is 0 Å². The monoisotopic (exact) mass is 436 g/mol. The number of aromatic nitrogens is 3. The number of nitro groups is 1. The van der Waals surface area contributed by atoms with E-state index in [0.29, 0.717) is 18.7 Å². The summed E-state index contributed by atoms with van der Waals surface area (Å²) in [7, 11) is 1.65. The van der Waals surface area contributed by atoms with E-state index in [9.17, 15) is 14.9 Å². The largest absolute Gasteiger partial charge is 0.497 e. The van der Waals surface area contributed by atoms with Gasteiger partial charge in [0.15, 0.2) is 0 Å². The summed E-state index contributed by atoms with van der Waals surface area (Å²) in [6.45, 7) is 3.58. The van der Waals surface area contributed by atoms with Gasteiger partial charge in [-0.25, -0.2) is 9.67 Å². The van der Waals surface area contributed by atoms with Crippen LogP contribution in [-0.4, -0.2) is 68.7 Å². The molecule has 0 atom stereocenters. The summed E-state index contributed by atoms with van der Waals surface area (Å²) in [5.41, 5.74) is 1.57. The van der Waals surface area contributed by atoms with Gasteiger partial charge in [-0.2, -0.15) is 5.10 Å². The van der Waals surface area contributed by atoms with E-state index in [1.807, 2.05) is 24.3 Å². The molecular weight excluding hydrogens is 412 g/mol. The minimum Gasteiger partial charge on any atom is -0.497 e. The molecule has 10 nitrogen and oxygen atoms in total. The molecule has 166 valence electrons. The Labute approximate surface area is 185 Å². The van der Waals surface area contributed by atoms with Gasteiger partial charge in [-0.3, -0.25) is 19.8 Å². The van der Waals surface area contributed by atoms with Gasteiger partial charge in [0, 0.05) is 44.4 Å². The van der Waals surface area contributed by atoms with Crippen LogP contribution in [0.3, 0.4) is 0 Å². The minimum atomic E-state index is -0.507. The minimum absolute atomic E-state index is 0.183. The van der Waals surface area contributed by atoms with Crippen LogP contribution in [0.5, 0.6) is 5.75 Å². The zero-order valence-corrected chi connectivity index (χ0v) is 17.8. The maximum atomic E-state index is 13.1. The quantitative estimate of drug-likeness (QED) is 0.432. The van der Waals surface area contributed by atoms with Crippen molar-refractivity contribution in [2.24, 2.45) is 0 Å². The number of carbonyl (C=O) groups is 1. The summed E-state index contributed by atoms with van der Waals surface area (Å²) in [6, 6.07) is 12.4. The van der Waals surface area contributed by atoms with Crippen LogP contribution < -0.4 is 4.74 Å². The molecule has 32 heavy (non-hydrogen) atoms. The number of benzene rings is 2. The number of amides is 1. The number of methoxy groups -OCH3 is 1. The third-order valence-corrected chi connectivity index (χ3v) is 5.53. The lowest BCUT2D eigenvalue weighted by molar-refractivity contribution is -0.384. The number of rotatable bonds is 6. The predicted octanol–water partition coefficient (Wildman–Crippen LogP) is 2.53. The summed E-state index contributed by atoms with van der Waals surface area (Å²) < 4.78 is 6.52. The molecule has 1 aliphatic rings. The molecule has 0 aliphatic carbocycles. The Morgan fingerprint density at radius 1 is 1.12 bits per heavy atom. The number of hydrogen-bond acceptors (Lipinski definition) is 7. The van der Waals surface area contributed by atoms with Crippen molar-refractivity contribution in [1.29, 1.82) is 0 Å². The van der Waals surface area contributed by atoms with E-state index in [2.05, 4.69) is 15.0 Å². The highest BCUT2D eigenvalue weighted by Gasteiger charge is 2.24. The van der Waals surface area contributed by atoms with Gasteiger partial charge in [-0.05, 0) is 36.2 Å². The van der Waals surface area contributed by atoms with Gasteiger partial charge >= 0.3 is 0 Å². The molecule has 0 saturated carbocycles. The molecule has 1 amide bonds. The molecule has 2 heterocycles. The molecule has 3 aromatic rings. The summed E-state index contributed by atoms with van der Waals surface area (Å²) in [5.74, 6) is 0.620. The summed E-state index contributed by atoms with van der Waals surface area (Å²) >= 11 is 0. The molecule has 0 bridgehead atoms. The van der Waals surface area contributed by atoms with Crippen molar-refractivity contribution in [2.45, 2.75) is 13.0 Å². The van der Waals surface area contributed by atoms with Gasteiger partial charge in [-0.15, -0.1) is 0 Å². The van der Waals surface area contributed by atoms with E-state index in [0.717, 1.165) is 31.8 Å². The van der Waals surface area contributed by atoms with Crippen molar-refractivity contribution >= 4 is 11.6 Å². The van der Waals surface area contributed by atoms with Crippen molar-refractivity contribution < 1.29 is 14.5 Å². The molecule has 1 aromatic heterocycles. The van der Waals surface area contributed by atoms with Gasteiger partial charge < -0.3 is 9.64 Å². The van der Waals surface area contributed by atoms with Crippen LogP contribution in [0.1, 0.15) is 22.3 Å². The van der Waals surface area contributed by atoms with Crippen LogP contribution in [0.4, 0.5) is 5.69 Å². The van der Waals surface area contributed by atoms with Gasteiger partial charge in [0.2, 0.25) is 0 Å². The first-order chi connectivity index (χ1) is 15.5. The molecule has 10 heteroatoms. The van der Waals surface area contributed by atoms with Crippen LogP contribution in [0.2, 0.25) is 0 Å². The first kappa shape index (κ1) is 21.4. The van der Waals surface area contributed by atoms with Crippen molar-refractivity contribution in [3.8, 4) is 11.4 Å². The lowest BCUT2D eigenvalue weighted by Crippen LogP contribution is -2.35. The second-order valence-electron chi connectivity index (χ2n) is 7.57. The summed E-state index contributed by atoms with van der Waals surface area (Å²) in [4.78, 5) is 32.1. The number of nitro benzene ring substituents is 1. The van der Waals surface area contributed by atoms with E-state index in [1.54, 1.807) is 18.1 Å². The van der Waals surface area contributed by atoms with Crippen molar-refractivity contribution in [3.63, 3.8) is 0 Å². The fraction of sp³-hybridized carbons (Fsp3) is 0.318. The zero-order valence-electron chi connectivity index (χ0n) is 17.8. The number of nitrogens with zero attached hydrogens (tertiary/aromatic N) is 6. The maximum Gasteiger partial charge on any atom is 0.295 e. The topological polar surface area (TPSA) is 107 Å². The lowest BCUT2D eigenvalue weighted by atomic mass is 10.1. The van der Waals surface area contributed by atoms with Crippen LogP contribution in [0, 0.1) is 10.1 Å². The normalized spacial score (nSPS) is 14.7. The Bertz CT molecular complexity index is 1080. The van der Waals surface area contributed by atoms with Gasteiger partial charge in [0.1, 0.15) is 24.1 Å². The van der Waals surface area contributed by atoms with Crippen molar-refractivity contribution in [1.82, 2.24) is 24.6 Å². The number of ether oxygens (including phenoxy) is 1. The summed E-state index contributed by atoms with van der Waals surface area (Å²) in [6.07, 6.45) is 3.52. The molecule has 1 saturated heterocycles. The lowest BCUT2D eigenvalue weighted by Gasteiger charge is -2.22. The molecular formula is C22H24N6O4. The van der Waals surface area contributed by atoms with E-state index >= 15 is 0 Å². The molecule has 0 N–H and O–H groups in total.